The highest BCUT2D eigenvalue weighted by Gasteiger charge is 2.25. The molecule has 1 unspecified atom stereocenters. The molecule has 1 aromatic rings. The van der Waals surface area contributed by atoms with Crippen molar-refractivity contribution in [3.63, 3.8) is 0 Å². The predicted molar refractivity (Wildman–Crippen MR) is 78.8 cm³/mol. The molecule has 2 N–H and O–H groups in total. The molecule has 0 bridgehead atoms. The maximum atomic E-state index is 11.7. The van der Waals surface area contributed by atoms with E-state index in [1.807, 2.05) is 0 Å². The Bertz CT molecular complexity index is 523. The fourth-order valence-corrected chi connectivity index (χ4v) is 2.01. The highest BCUT2D eigenvalue weighted by molar-refractivity contribution is 6.35. The van der Waals surface area contributed by atoms with E-state index >= 15 is 0 Å². The number of nitrogens with zero attached hydrogens (tertiary/aromatic N) is 1. The lowest BCUT2D eigenvalue weighted by Gasteiger charge is -2.22. The van der Waals surface area contributed by atoms with Gasteiger partial charge in [-0.25, -0.2) is 9.59 Å². The van der Waals surface area contributed by atoms with Crippen LogP contribution in [0.15, 0.2) is 12.4 Å². The van der Waals surface area contributed by atoms with Crippen molar-refractivity contribution >= 4 is 35.3 Å². The summed E-state index contributed by atoms with van der Waals surface area (Å²) in [5, 5.41) is 11.9. The Kier molecular flexibility index (Phi) is 5.80. The molecule has 6 nitrogen and oxygen atoms in total. The third-order valence-electron chi connectivity index (χ3n) is 2.35. The Balaban J connectivity index is 2.84. The maximum Gasteiger partial charge on any atom is 0.408 e. The van der Waals surface area contributed by atoms with E-state index < -0.39 is 23.7 Å². The van der Waals surface area contributed by atoms with Gasteiger partial charge in [-0.1, -0.05) is 23.2 Å². The van der Waals surface area contributed by atoms with Gasteiger partial charge in [0.05, 0.1) is 10.0 Å². The summed E-state index contributed by atoms with van der Waals surface area (Å²) >= 11 is 11.9. The molecule has 116 valence electrons. The minimum atomic E-state index is -1.22. The SMILES string of the molecule is CC(C)(C)OC(=O)NC(Cc1c(Cl)cncc1Cl)C(=O)O. The third kappa shape index (κ3) is 5.77. The first-order valence-electron chi connectivity index (χ1n) is 6.10. The Morgan fingerprint density at radius 1 is 1.33 bits per heavy atom. The Morgan fingerprint density at radius 2 is 1.86 bits per heavy atom. The van der Waals surface area contributed by atoms with Crippen molar-refractivity contribution in [3.8, 4) is 0 Å². The van der Waals surface area contributed by atoms with Crippen LogP contribution >= 0.6 is 23.2 Å². The molecule has 0 aromatic carbocycles. The summed E-state index contributed by atoms with van der Waals surface area (Å²) in [4.78, 5) is 26.7. The smallest absolute Gasteiger partial charge is 0.408 e. The number of carbonyl (C=O) groups excluding carboxylic acids is 1. The van der Waals surface area contributed by atoms with Crippen molar-refractivity contribution in [1.82, 2.24) is 10.3 Å². The lowest BCUT2D eigenvalue weighted by molar-refractivity contribution is -0.139. The lowest BCUT2D eigenvalue weighted by atomic mass is 10.1. The van der Waals surface area contributed by atoms with Crippen LogP contribution in [0.5, 0.6) is 0 Å². The molecule has 1 rings (SSSR count). The van der Waals surface area contributed by atoms with E-state index in [1.165, 1.54) is 12.4 Å². The van der Waals surface area contributed by atoms with Crippen LogP contribution in [0.1, 0.15) is 26.3 Å². The number of hydrogen-bond donors (Lipinski definition) is 2. The van der Waals surface area contributed by atoms with Crippen molar-refractivity contribution in [2.24, 2.45) is 0 Å². The van der Waals surface area contributed by atoms with Crippen LogP contribution in [0, 0.1) is 0 Å². The standard InChI is InChI=1S/C13H16Cl2N2O4/c1-13(2,3)21-12(20)17-10(11(18)19)4-7-8(14)5-16-6-9(7)15/h5-6,10H,4H2,1-3H3,(H,17,20)(H,18,19). The second-order valence-corrected chi connectivity index (χ2v) is 6.14. The number of pyridine rings is 1. The van der Waals surface area contributed by atoms with E-state index in [0.29, 0.717) is 5.56 Å². The summed E-state index contributed by atoms with van der Waals surface area (Å²) in [7, 11) is 0. The zero-order valence-corrected chi connectivity index (χ0v) is 13.3. The van der Waals surface area contributed by atoms with E-state index in [1.54, 1.807) is 20.8 Å². The van der Waals surface area contributed by atoms with E-state index in [9.17, 15) is 14.7 Å². The van der Waals surface area contributed by atoms with Gasteiger partial charge in [0.2, 0.25) is 0 Å². The van der Waals surface area contributed by atoms with Gasteiger partial charge in [-0.2, -0.15) is 0 Å². The van der Waals surface area contributed by atoms with Crippen molar-refractivity contribution in [2.75, 3.05) is 0 Å². The summed E-state index contributed by atoms with van der Waals surface area (Å²) in [5.41, 5.74) is -0.323. The van der Waals surface area contributed by atoms with Gasteiger partial charge in [-0.05, 0) is 26.3 Å². The molecule has 0 aliphatic carbocycles. The molecule has 0 spiro atoms. The minimum Gasteiger partial charge on any atom is -0.480 e. The number of nitrogens with one attached hydrogen (secondary N) is 1. The van der Waals surface area contributed by atoms with E-state index in [0.717, 1.165) is 0 Å². The monoisotopic (exact) mass is 334 g/mol. The number of halogens is 2. The van der Waals surface area contributed by atoms with Gasteiger partial charge in [-0.3, -0.25) is 4.98 Å². The molecule has 1 atom stereocenters. The number of carboxylic acids is 1. The topological polar surface area (TPSA) is 88.5 Å². The molecule has 0 aliphatic heterocycles. The van der Waals surface area contributed by atoms with Gasteiger partial charge in [0.1, 0.15) is 11.6 Å². The summed E-state index contributed by atoms with van der Waals surface area (Å²) in [6.07, 6.45) is 1.82. The van der Waals surface area contributed by atoms with Crippen LogP contribution in [0.3, 0.4) is 0 Å². The predicted octanol–water partition coefficient (Wildman–Crippen LogP) is 2.91. The first-order valence-corrected chi connectivity index (χ1v) is 6.86. The van der Waals surface area contributed by atoms with Crippen molar-refractivity contribution < 1.29 is 19.4 Å². The Labute approximate surface area is 132 Å². The molecule has 0 radical (unpaired) electrons. The quantitative estimate of drug-likeness (QED) is 0.883. The molecule has 0 saturated heterocycles. The van der Waals surface area contributed by atoms with Gasteiger partial charge in [0.25, 0.3) is 0 Å². The lowest BCUT2D eigenvalue weighted by Crippen LogP contribution is -2.44. The summed E-state index contributed by atoms with van der Waals surface area (Å²) in [6.45, 7) is 5.04. The molecule has 0 fully saturated rings. The molecule has 21 heavy (non-hydrogen) atoms. The van der Waals surface area contributed by atoms with Crippen LogP contribution < -0.4 is 5.32 Å². The number of amides is 1. The van der Waals surface area contributed by atoms with Crippen LogP contribution in [0.2, 0.25) is 10.0 Å². The Hall–Kier alpha value is -1.53. The van der Waals surface area contributed by atoms with E-state index in [4.69, 9.17) is 27.9 Å². The molecule has 1 aromatic heterocycles. The summed E-state index contributed by atoms with van der Waals surface area (Å²) in [5.74, 6) is -1.22. The van der Waals surface area contributed by atoms with E-state index in [-0.39, 0.29) is 16.5 Å². The van der Waals surface area contributed by atoms with Crippen LogP contribution in [-0.4, -0.2) is 33.8 Å². The zero-order valence-electron chi connectivity index (χ0n) is 11.8. The van der Waals surface area contributed by atoms with Crippen LogP contribution in [0.4, 0.5) is 4.79 Å². The molecule has 8 heteroatoms. The van der Waals surface area contributed by atoms with Crippen molar-refractivity contribution in [3.05, 3.63) is 28.0 Å². The van der Waals surface area contributed by atoms with Gasteiger partial charge in [0, 0.05) is 18.8 Å². The average molecular weight is 335 g/mol. The number of ether oxygens (including phenoxy) is 1. The second kappa shape index (κ2) is 6.95. The van der Waals surface area contributed by atoms with Gasteiger partial charge < -0.3 is 15.2 Å². The summed E-state index contributed by atoms with van der Waals surface area (Å²) in [6, 6.07) is -1.21. The minimum absolute atomic E-state index is 0.0746. The van der Waals surface area contributed by atoms with Gasteiger partial charge >= 0.3 is 12.1 Å². The fourth-order valence-electron chi connectivity index (χ4n) is 1.49. The maximum absolute atomic E-state index is 11.7. The molecule has 1 amide bonds. The molecular weight excluding hydrogens is 319 g/mol. The Morgan fingerprint density at radius 3 is 2.29 bits per heavy atom. The third-order valence-corrected chi connectivity index (χ3v) is 3.00. The average Bonchev–Trinajstić information content (AvgIpc) is 2.29. The van der Waals surface area contributed by atoms with Crippen LogP contribution in [-0.2, 0) is 16.0 Å². The normalized spacial score (nSPS) is 12.6. The molecular formula is C13H16Cl2N2O4. The highest BCUT2D eigenvalue weighted by Crippen LogP contribution is 2.24. The molecule has 0 aliphatic rings. The van der Waals surface area contributed by atoms with Crippen molar-refractivity contribution in [2.45, 2.75) is 38.8 Å². The zero-order chi connectivity index (χ0) is 16.2. The first-order chi connectivity index (χ1) is 9.60. The highest BCUT2D eigenvalue weighted by atomic mass is 35.5. The van der Waals surface area contributed by atoms with Crippen LogP contribution in [0.25, 0.3) is 0 Å². The van der Waals surface area contributed by atoms with Gasteiger partial charge in [-0.15, -0.1) is 0 Å². The fraction of sp³-hybridized carbons (Fsp3) is 0.462. The number of aromatic nitrogens is 1. The molecule has 0 saturated carbocycles. The number of aliphatic carboxylic acids is 1. The number of carbonyl (C=O) groups is 2. The number of rotatable bonds is 4. The number of hydrogen-bond acceptors (Lipinski definition) is 4. The second-order valence-electron chi connectivity index (χ2n) is 5.32. The first kappa shape index (κ1) is 17.5. The van der Waals surface area contributed by atoms with Gasteiger partial charge in [0.15, 0.2) is 0 Å². The molecule has 1 heterocycles. The number of carboxylic acid groups (broad SMARTS) is 1. The largest absolute Gasteiger partial charge is 0.480 e. The van der Waals surface area contributed by atoms with E-state index in [2.05, 4.69) is 10.3 Å². The number of alkyl carbamates (subject to hydrolysis) is 1. The summed E-state index contributed by atoms with van der Waals surface area (Å²) < 4.78 is 5.02. The van der Waals surface area contributed by atoms with Crippen molar-refractivity contribution in [1.29, 1.82) is 0 Å².